The Morgan fingerprint density at radius 3 is 2.50 bits per heavy atom. The number of nitrogens with one attached hydrogen (secondary N) is 1. The van der Waals surface area contributed by atoms with Crippen molar-refractivity contribution < 1.29 is 9.53 Å². The fraction of sp³-hybridized carbons (Fsp3) is 0.417. The van der Waals surface area contributed by atoms with Crippen LogP contribution >= 0.6 is 11.6 Å². The number of carbonyl (C=O) groups is 1. The summed E-state index contributed by atoms with van der Waals surface area (Å²) in [5.74, 6) is 1.05. The molecule has 16 heavy (non-hydrogen) atoms. The molecule has 88 valence electrons. The van der Waals surface area contributed by atoms with Gasteiger partial charge in [0, 0.05) is 5.69 Å². The van der Waals surface area contributed by atoms with Crippen LogP contribution < -0.4 is 10.1 Å². The quantitative estimate of drug-likeness (QED) is 0.805. The molecule has 0 aliphatic rings. The summed E-state index contributed by atoms with van der Waals surface area (Å²) in [5.41, 5.74) is 0.725. The van der Waals surface area contributed by atoms with E-state index in [1.54, 1.807) is 12.1 Å². The average molecular weight is 242 g/mol. The third-order valence-electron chi connectivity index (χ3n) is 1.84. The number of amides is 1. The van der Waals surface area contributed by atoms with Crippen LogP contribution in [0.3, 0.4) is 0 Å². The lowest BCUT2D eigenvalue weighted by atomic mass is 10.2. The number of ether oxygens (including phenoxy) is 1. The summed E-state index contributed by atoms with van der Waals surface area (Å²) in [6.45, 7) is 4.87. The van der Waals surface area contributed by atoms with Gasteiger partial charge in [-0.15, -0.1) is 11.6 Å². The topological polar surface area (TPSA) is 38.3 Å². The standard InChI is InChI=1S/C12H16ClNO2/c1-9(2)8-16-11-5-3-10(4-6-11)14-12(15)7-13/h3-6,9H,7-8H2,1-2H3,(H,14,15). The molecule has 1 rings (SSSR count). The Morgan fingerprint density at radius 1 is 1.38 bits per heavy atom. The van der Waals surface area contributed by atoms with E-state index in [4.69, 9.17) is 16.3 Å². The Labute approximate surface area is 101 Å². The second-order valence-electron chi connectivity index (χ2n) is 3.91. The molecule has 0 heterocycles. The van der Waals surface area contributed by atoms with E-state index in [1.807, 2.05) is 12.1 Å². The highest BCUT2D eigenvalue weighted by Crippen LogP contribution is 2.16. The first-order valence-corrected chi connectivity index (χ1v) is 5.74. The van der Waals surface area contributed by atoms with Crippen LogP contribution in [0.1, 0.15) is 13.8 Å². The molecule has 1 amide bonds. The summed E-state index contributed by atoms with van der Waals surface area (Å²) in [6.07, 6.45) is 0. The second-order valence-corrected chi connectivity index (χ2v) is 4.18. The molecule has 1 N–H and O–H groups in total. The van der Waals surface area contributed by atoms with Crippen molar-refractivity contribution >= 4 is 23.2 Å². The molecule has 4 heteroatoms. The minimum atomic E-state index is -0.211. The van der Waals surface area contributed by atoms with Gasteiger partial charge in [-0.1, -0.05) is 13.8 Å². The fourth-order valence-electron chi connectivity index (χ4n) is 1.09. The molecule has 0 aromatic heterocycles. The van der Waals surface area contributed by atoms with Gasteiger partial charge in [0.05, 0.1) is 6.61 Å². The zero-order valence-corrected chi connectivity index (χ0v) is 10.3. The lowest BCUT2D eigenvalue weighted by Crippen LogP contribution is -2.12. The first-order chi connectivity index (χ1) is 7.61. The summed E-state index contributed by atoms with van der Waals surface area (Å²) in [7, 11) is 0. The van der Waals surface area contributed by atoms with E-state index < -0.39 is 0 Å². The van der Waals surface area contributed by atoms with Crippen LogP contribution in [0, 0.1) is 5.92 Å². The van der Waals surface area contributed by atoms with Crippen LogP contribution in [0.2, 0.25) is 0 Å². The zero-order chi connectivity index (χ0) is 12.0. The van der Waals surface area contributed by atoms with Crippen LogP contribution in [0.4, 0.5) is 5.69 Å². The van der Waals surface area contributed by atoms with Crippen LogP contribution in [-0.2, 0) is 4.79 Å². The van der Waals surface area contributed by atoms with E-state index in [-0.39, 0.29) is 11.8 Å². The van der Waals surface area contributed by atoms with Gasteiger partial charge < -0.3 is 10.1 Å². The van der Waals surface area contributed by atoms with E-state index in [1.165, 1.54) is 0 Å². The van der Waals surface area contributed by atoms with Crippen LogP contribution in [0.25, 0.3) is 0 Å². The van der Waals surface area contributed by atoms with Crippen molar-refractivity contribution in [3.05, 3.63) is 24.3 Å². The predicted octanol–water partition coefficient (Wildman–Crippen LogP) is 2.90. The number of hydrogen-bond acceptors (Lipinski definition) is 2. The van der Waals surface area contributed by atoms with Gasteiger partial charge >= 0.3 is 0 Å². The molecule has 1 aromatic carbocycles. The van der Waals surface area contributed by atoms with Gasteiger partial charge in [-0.25, -0.2) is 0 Å². The molecule has 1 aromatic rings. The molecule has 0 saturated heterocycles. The summed E-state index contributed by atoms with van der Waals surface area (Å²) < 4.78 is 5.51. The number of hydrogen-bond donors (Lipinski definition) is 1. The highest BCUT2D eigenvalue weighted by atomic mass is 35.5. The molecular weight excluding hydrogens is 226 g/mol. The molecule has 0 aliphatic carbocycles. The van der Waals surface area contributed by atoms with Crippen LogP contribution in [0.15, 0.2) is 24.3 Å². The third-order valence-corrected chi connectivity index (χ3v) is 2.09. The van der Waals surface area contributed by atoms with Gasteiger partial charge in [-0.05, 0) is 30.2 Å². The SMILES string of the molecule is CC(C)COc1ccc(NC(=O)CCl)cc1. The Morgan fingerprint density at radius 2 is 2.00 bits per heavy atom. The van der Waals surface area contributed by atoms with Gasteiger partial charge in [0.2, 0.25) is 5.91 Å². The van der Waals surface area contributed by atoms with E-state index in [2.05, 4.69) is 19.2 Å². The second kappa shape index (κ2) is 6.38. The van der Waals surface area contributed by atoms with E-state index >= 15 is 0 Å². The largest absolute Gasteiger partial charge is 0.493 e. The summed E-state index contributed by atoms with van der Waals surface area (Å²) >= 11 is 5.38. The molecule has 0 unspecified atom stereocenters. The van der Waals surface area contributed by atoms with Crippen molar-refractivity contribution in [3.8, 4) is 5.75 Å². The summed E-state index contributed by atoms with van der Waals surface area (Å²) in [5, 5.41) is 2.66. The molecular formula is C12H16ClNO2. The van der Waals surface area contributed by atoms with Crippen molar-refractivity contribution in [2.75, 3.05) is 17.8 Å². The van der Waals surface area contributed by atoms with Crippen LogP contribution in [-0.4, -0.2) is 18.4 Å². The molecule has 0 aliphatic heterocycles. The van der Waals surface area contributed by atoms with Gasteiger partial charge in [0.25, 0.3) is 0 Å². The third kappa shape index (κ3) is 4.53. The summed E-state index contributed by atoms with van der Waals surface area (Å²) in [6, 6.07) is 7.23. The maximum Gasteiger partial charge on any atom is 0.239 e. The number of carbonyl (C=O) groups excluding carboxylic acids is 1. The fourth-order valence-corrected chi connectivity index (χ4v) is 1.16. The van der Waals surface area contributed by atoms with Crippen molar-refractivity contribution in [3.63, 3.8) is 0 Å². The van der Waals surface area contributed by atoms with E-state index in [9.17, 15) is 4.79 Å². The highest BCUT2D eigenvalue weighted by molar-refractivity contribution is 6.29. The lowest BCUT2D eigenvalue weighted by molar-refractivity contribution is -0.113. The Hall–Kier alpha value is -1.22. The molecule has 3 nitrogen and oxygen atoms in total. The number of alkyl halides is 1. The Bertz CT molecular complexity index is 335. The summed E-state index contributed by atoms with van der Waals surface area (Å²) in [4.78, 5) is 11.0. The normalized spacial score (nSPS) is 10.2. The molecule has 0 spiro atoms. The number of benzene rings is 1. The maximum absolute atomic E-state index is 11.0. The molecule has 0 bridgehead atoms. The zero-order valence-electron chi connectivity index (χ0n) is 9.50. The first-order valence-electron chi connectivity index (χ1n) is 5.20. The number of rotatable bonds is 5. The molecule has 0 radical (unpaired) electrons. The van der Waals surface area contributed by atoms with Crippen molar-refractivity contribution in [1.82, 2.24) is 0 Å². The van der Waals surface area contributed by atoms with Crippen LogP contribution in [0.5, 0.6) is 5.75 Å². The van der Waals surface area contributed by atoms with E-state index in [0.29, 0.717) is 12.5 Å². The van der Waals surface area contributed by atoms with Gasteiger partial charge in [0.15, 0.2) is 0 Å². The number of anilines is 1. The minimum absolute atomic E-state index is 0.0361. The van der Waals surface area contributed by atoms with Gasteiger partial charge in [-0.2, -0.15) is 0 Å². The number of halogens is 1. The minimum Gasteiger partial charge on any atom is -0.493 e. The van der Waals surface area contributed by atoms with Crippen molar-refractivity contribution in [2.45, 2.75) is 13.8 Å². The molecule has 0 fully saturated rings. The maximum atomic E-state index is 11.0. The highest BCUT2D eigenvalue weighted by Gasteiger charge is 2.00. The molecule has 0 atom stereocenters. The van der Waals surface area contributed by atoms with Gasteiger partial charge in [0.1, 0.15) is 11.6 Å². The Kier molecular flexibility index (Phi) is 5.12. The first kappa shape index (κ1) is 12.8. The Balaban J connectivity index is 2.51. The van der Waals surface area contributed by atoms with Crippen molar-refractivity contribution in [1.29, 1.82) is 0 Å². The predicted molar refractivity (Wildman–Crippen MR) is 66.1 cm³/mol. The monoisotopic (exact) mass is 241 g/mol. The molecule has 0 saturated carbocycles. The lowest BCUT2D eigenvalue weighted by Gasteiger charge is -2.09. The van der Waals surface area contributed by atoms with Gasteiger partial charge in [-0.3, -0.25) is 4.79 Å². The van der Waals surface area contributed by atoms with Crippen molar-refractivity contribution in [2.24, 2.45) is 5.92 Å². The smallest absolute Gasteiger partial charge is 0.239 e. The van der Waals surface area contributed by atoms with E-state index in [0.717, 1.165) is 11.4 Å². The average Bonchev–Trinajstić information content (AvgIpc) is 2.28.